The second kappa shape index (κ2) is 7.92. The Morgan fingerprint density at radius 3 is 2.67 bits per heavy atom. The molecule has 0 saturated carbocycles. The first-order valence-electron chi connectivity index (χ1n) is 9.48. The zero-order valence-corrected chi connectivity index (χ0v) is 15.8. The Labute approximate surface area is 158 Å². The van der Waals surface area contributed by atoms with Crippen LogP contribution in [0.3, 0.4) is 0 Å². The van der Waals surface area contributed by atoms with Gasteiger partial charge in [0, 0.05) is 31.4 Å². The summed E-state index contributed by atoms with van der Waals surface area (Å²) < 4.78 is 12.6. The molecule has 1 N–H and O–H groups in total. The van der Waals surface area contributed by atoms with Crippen LogP contribution in [0.2, 0.25) is 0 Å². The van der Waals surface area contributed by atoms with Crippen molar-refractivity contribution in [1.29, 1.82) is 0 Å². The minimum atomic E-state index is 0.436. The smallest absolute Gasteiger partial charge is 0.254 e. The minimum absolute atomic E-state index is 0.436. The molecule has 0 unspecified atom stereocenters. The molecule has 2 aromatic heterocycles. The molecule has 0 aliphatic carbocycles. The van der Waals surface area contributed by atoms with E-state index in [-0.39, 0.29) is 0 Å². The number of aromatic nitrogens is 4. The molecule has 142 valence electrons. The van der Waals surface area contributed by atoms with E-state index in [1.165, 1.54) is 5.69 Å². The van der Waals surface area contributed by atoms with Gasteiger partial charge in [-0.2, -0.15) is 9.50 Å². The molecule has 1 fully saturated rings. The Bertz CT molecular complexity index is 901. The maximum absolute atomic E-state index is 5.52. The molecule has 7 nitrogen and oxygen atoms in total. The van der Waals surface area contributed by atoms with Gasteiger partial charge in [0.05, 0.1) is 12.8 Å². The fourth-order valence-corrected chi connectivity index (χ4v) is 3.41. The molecule has 0 radical (unpaired) electrons. The van der Waals surface area contributed by atoms with Gasteiger partial charge < -0.3 is 14.8 Å². The molecule has 0 bridgehead atoms. The number of methoxy groups -OCH3 is 1. The number of anilines is 1. The molecule has 4 rings (SSSR count). The average Bonchev–Trinajstić information content (AvgIpc) is 3.15. The molecular weight excluding hydrogens is 342 g/mol. The number of nitrogens with one attached hydrogen (secondary N) is 1. The summed E-state index contributed by atoms with van der Waals surface area (Å²) in [6.45, 7) is 4.36. The largest absolute Gasteiger partial charge is 0.497 e. The molecule has 0 atom stereocenters. The van der Waals surface area contributed by atoms with Gasteiger partial charge in [0.2, 0.25) is 5.95 Å². The maximum Gasteiger partial charge on any atom is 0.254 e. The highest BCUT2D eigenvalue weighted by molar-refractivity contribution is 5.41. The third-order valence-corrected chi connectivity index (χ3v) is 5.00. The lowest BCUT2D eigenvalue weighted by atomic mass is 9.95. The highest BCUT2D eigenvalue weighted by atomic mass is 16.5. The van der Waals surface area contributed by atoms with Gasteiger partial charge in [-0.05, 0) is 43.0 Å². The van der Waals surface area contributed by atoms with E-state index in [1.807, 2.05) is 28.8 Å². The lowest BCUT2D eigenvalue weighted by Crippen LogP contribution is -2.18. The third kappa shape index (κ3) is 3.88. The molecule has 7 heteroatoms. The van der Waals surface area contributed by atoms with Gasteiger partial charge in [0.25, 0.3) is 5.78 Å². The number of ether oxygens (including phenoxy) is 2. The topological polar surface area (TPSA) is 73.6 Å². The van der Waals surface area contributed by atoms with Crippen molar-refractivity contribution < 1.29 is 9.47 Å². The average molecular weight is 367 g/mol. The van der Waals surface area contributed by atoms with Gasteiger partial charge in [0.15, 0.2) is 0 Å². The van der Waals surface area contributed by atoms with E-state index in [9.17, 15) is 0 Å². The van der Waals surface area contributed by atoms with Crippen molar-refractivity contribution in [3.63, 3.8) is 0 Å². The number of rotatable bonds is 6. The van der Waals surface area contributed by atoms with Gasteiger partial charge in [-0.25, -0.2) is 4.98 Å². The number of aryl methyl sites for hydroxylation is 1. The van der Waals surface area contributed by atoms with Gasteiger partial charge >= 0.3 is 0 Å². The van der Waals surface area contributed by atoms with Crippen molar-refractivity contribution >= 4 is 11.7 Å². The SMILES string of the molecule is CCc1cc(C2CCOCC2)n2nc(NCc3ccc(OC)cc3)nc2n1. The summed E-state index contributed by atoms with van der Waals surface area (Å²) in [4.78, 5) is 9.25. The van der Waals surface area contributed by atoms with E-state index in [2.05, 4.69) is 33.4 Å². The Kier molecular flexibility index (Phi) is 5.20. The van der Waals surface area contributed by atoms with Gasteiger partial charge in [-0.15, -0.1) is 5.10 Å². The lowest BCUT2D eigenvalue weighted by molar-refractivity contribution is 0.0840. The molecule has 1 aliphatic heterocycles. The normalized spacial score (nSPS) is 15.2. The molecule has 3 aromatic rings. The molecule has 1 saturated heterocycles. The summed E-state index contributed by atoms with van der Waals surface area (Å²) in [5.41, 5.74) is 3.38. The summed E-state index contributed by atoms with van der Waals surface area (Å²) in [5, 5.41) is 7.99. The third-order valence-electron chi connectivity index (χ3n) is 5.00. The van der Waals surface area contributed by atoms with Crippen LogP contribution >= 0.6 is 0 Å². The monoisotopic (exact) mass is 367 g/mol. The molecule has 1 aromatic carbocycles. The van der Waals surface area contributed by atoms with Crippen LogP contribution in [-0.4, -0.2) is 39.9 Å². The summed E-state index contributed by atoms with van der Waals surface area (Å²) in [6.07, 6.45) is 2.90. The Balaban J connectivity index is 1.58. The highest BCUT2D eigenvalue weighted by Crippen LogP contribution is 2.27. The minimum Gasteiger partial charge on any atom is -0.497 e. The standard InChI is InChI=1S/C20H25N5O2/c1-3-16-12-18(15-8-10-27-11-9-15)25-20(22-16)23-19(24-25)21-13-14-4-6-17(26-2)7-5-14/h4-7,12,15H,3,8-11,13H2,1-2H3,(H,21,24). The molecule has 3 heterocycles. The zero-order valence-electron chi connectivity index (χ0n) is 15.8. The highest BCUT2D eigenvalue weighted by Gasteiger charge is 2.21. The Morgan fingerprint density at radius 1 is 1.19 bits per heavy atom. The van der Waals surface area contributed by atoms with Crippen molar-refractivity contribution in [2.45, 2.75) is 38.6 Å². The van der Waals surface area contributed by atoms with E-state index in [0.29, 0.717) is 24.2 Å². The zero-order chi connectivity index (χ0) is 18.6. The van der Waals surface area contributed by atoms with Crippen molar-refractivity contribution in [2.75, 3.05) is 25.6 Å². The summed E-state index contributed by atoms with van der Waals surface area (Å²) >= 11 is 0. The first kappa shape index (κ1) is 17.7. The first-order chi connectivity index (χ1) is 13.3. The van der Waals surface area contributed by atoms with Crippen LogP contribution in [0.5, 0.6) is 5.75 Å². The summed E-state index contributed by atoms with van der Waals surface area (Å²) in [7, 11) is 1.67. The van der Waals surface area contributed by atoms with Crippen LogP contribution < -0.4 is 10.1 Å². The van der Waals surface area contributed by atoms with E-state index in [0.717, 1.165) is 49.5 Å². The van der Waals surface area contributed by atoms with Crippen molar-refractivity contribution in [1.82, 2.24) is 19.6 Å². The van der Waals surface area contributed by atoms with E-state index in [4.69, 9.17) is 9.47 Å². The Hall–Kier alpha value is -2.67. The summed E-state index contributed by atoms with van der Waals surface area (Å²) in [5.74, 6) is 2.54. The molecule has 0 amide bonds. The van der Waals surface area contributed by atoms with Gasteiger partial charge in [0.1, 0.15) is 5.75 Å². The van der Waals surface area contributed by atoms with Crippen molar-refractivity contribution in [3.8, 4) is 5.75 Å². The molecule has 0 spiro atoms. The number of hydrogen-bond donors (Lipinski definition) is 1. The van der Waals surface area contributed by atoms with E-state index >= 15 is 0 Å². The molecule has 27 heavy (non-hydrogen) atoms. The lowest BCUT2D eigenvalue weighted by Gasteiger charge is -2.22. The van der Waals surface area contributed by atoms with Crippen LogP contribution in [-0.2, 0) is 17.7 Å². The second-order valence-corrected chi connectivity index (χ2v) is 6.76. The van der Waals surface area contributed by atoms with Crippen molar-refractivity contribution in [3.05, 3.63) is 47.3 Å². The first-order valence-corrected chi connectivity index (χ1v) is 9.48. The second-order valence-electron chi connectivity index (χ2n) is 6.76. The maximum atomic E-state index is 5.52. The van der Waals surface area contributed by atoms with Crippen molar-refractivity contribution in [2.24, 2.45) is 0 Å². The van der Waals surface area contributed by atoms with E-state index < -0.39 is 0 Å². The predicted octanol–water partition coefficient (Wildman–Crippen LogP) is 3.20. The van der Waals surface area contributed by atoms with Gasteiger partial charge in [-0.1, -0.05) is 19.1 Å². The van der Waals surface area contributed by atoms with Crippen LogP contribution in [0.25, 0.3) is 5.78 Å². The molecule has 1 aliphatic rings. The number of benzene rings is 1. The van der Waals surface area contributed by atoms with E-state index in [1.54, 1.807) is 7.11 Å². The predicted molar refractivity (Wildman–Crippen MR) is 103 cm³/mol. The van der Waals surface area contributed by atoms with Crippen LogP contribution in [0.1, 0.15) is 42.6 Å². The van der Waals surface area contributed by atoms with Crippen LogP contribution in [0, 0.1) is 0 Å². The number of nitrogens with zero attached hydrogens (tertiary/aromatic N) is 4. The fraction of sp³-hybridized carbons (Fsp3) is 0.450. The quantitative estimate of drug-likeness (QED) is 0.721. The number of fused-ring (bicyclic) bond motifs is 1. The summed E-state index contributed by atoms with van der Waals surface area (Å²) in [6, 6.07) is 10.1. The fourth-order valence-electron chi connectivity index (χ4n) is 3.41. The van der Waals surface area contributed by atoms with Gasteiger partial charge in [-0.3, -0.25) is 0 Å². The number of hydrogen-bond acceptors (Lipinski definition) is 6. The Morgan fingerprint density at radius 2 is 1.96 bits per heavy atom. The van der Waals surface area contributed by atoms with Crippen LogP contribution in [0.15, 0.2) is 30.3 Å². The van der Waals surface area contributed by atoms with Crippen LogP contribution in [0.4, 0.5) is 5.95 Å². The molecular formula is C20H25N5O2.